The van der Waals surface area contributed by atoms with Gasteiger partial charge in [0.05, 0.1) is 31.3 Å². The molecule has 2 aromatic heterocycles. The minimum absolute atomic E-state index is 0.129. The van der Waals surface area contributed by atoms with E-state index < -0.39 is 0 Å². The van der Waals surface area contributed by atoms with Gasteiger partial charge in [0.1, 0.15) is 13.2 Å². The topological polar surface area (TPSA) is 117 Å². The van der Waals surface area contributed by atoms with Crippen LogP contribution in [0.1, 0.15) is 24.2 Å². The molecule has 3 aromatic rings. The molecule has 33 heavy (non-hydrogen) atoms. The molecule has 0 unspecified atom stereocenters. The summed E-state index contributed by atoms with van der Waals surface area (Å²) < 4.78 is 24.1. The van der Waals surface area contributed by atoms with Crippen molar-refractivity contribution >= 4 is 10.9 Å². The van der Waals surface area contributed by atoms with Gasteiger partial charge in [-0.15, -0.1) is 5.10 Å². The van der Waals surface area contributed by atoms with Crippen LogP contribution in [0.2, 0.25) is 0 Å². The second kappa shape index (κ2) is 9.86. The van der Waals surface area contributed by atoms with E-state index in [-0.39, 0.29) is 11.7 Å². The Bertz CT molecular complexity index is 1160. The summed E-state index contributed by atoms with van der Waals surface area (Å²) in [6, 6.07) is 5.66. The summed E-state index contributed by atoms with van der Waals surface area (Å²) >= 11 is 0. The quantitative estimate of drug-likeness (QED) is 0.505. The second-order valence-corrected chi connectivity index (χ2v) is 8.32. The summed E-state index contributed by atoms with van der Waals surface area (Å²) in [6.45, 7) is 4.50. The second-order valence-electron chi connectivity index (χ2n) is 8.32. The number of H-pyrrole nitrogens is 1. The van der Waals surface area contributed by atoms with Crippen LogP contribution in [0.25, 0.3) is 10.9 Å². The van der Waals surface area contributed by atoms with Crippen molar-refractivity contribution in [3.8, 4) is 11.5 Å². The van der Waals surface area contributed by atoms with Crippen LogP contribution in [0.4, 0.5) is 0 Å². The number of methoxy groups -OCH3 is 1. The number of fused-ring (bicyclic) bond motifs is 2. The smallest absolute Gasteiger partial charge is 0.252 e. The Balaban J connectivity index is 1.41. The highest BCUT2D eigenvalue weighted by atomic mass is 16.6. The lowest BCUT2D eigenvalue weighted by Crippen LogP contribution is -2.34. The summed E-state index contributed by atoms with van der Waals surface area (Å²) in [4.78, 5) is 18.1. The standard InChI is InChI=1S/C22H28N6O5/c1-30-6-4-28-21(24-25-26-28)14-27(13-17-3-2-5-31-17)12-16-9-15-10-19-20(33-8-7-32-19)11-18(15)23-22(16)29/h9-11,17H,2-8,12-14H2,1H3,(H,23,29)/t17-/m0/s1. The molecule has 0 aliphatic carbocycles. The zero-order valence-electron chi connectivity index (χ0n) is 18.7. The van der Waals surface area contributed by atoms with Crippen molar-refractivity contribution in [3.63, 3.8) is 0 Å². The van der Waals surface area contributed by atoms with Gasteiger partial charge in [-0.05, 0) is 35.4 Å². The van der Waals surface area contributed by atoms with Gasteiger partial charge in [-0.1, -0.05) is 0 Å². The van der Waals surface area contributed by atoms with Crippen molar-refractivity contribution in [1.29, 1.82) is 0 Å². The van der Waals surface area contributed by atoms with Gasteiger partial charge in [-0.25, -0.2) is 4.68 Å². The number of rotatable bonds is 9. The first kappa shape index (κ1) is 21.8. The SMILES string of the molecule is COCCn1nnnc1CN(Cc1cc2cc3c(cc2[nH]c1=O)OCCO3)C[C@@H]1CCCO1. The summed E-state index contributed by atoms with van der Waals surface area (Å²) in [5, 5.41) is 13.0. The Hall–Kier alpha value is -3.02. The predicted octanol–water partition coefficient (Wildman–Crippen LogP) is 1.11. The lowest BCUT2D eigenvalue weighted by molar-refractivity contribution is 0.0660. The van der Waals surface area contributed by atoms with E-state index in [9.17, 15) is 4.79 Å². The maximum atomic E-state index is 12.9. The number of hydrogen-bond donors (Lipinski definition) is 1. The highest BCUT2D eigenvalue weighted by Gasteiger charge is 2.23. The molecule has 1 fully saturated rings. The normalized spacial score (nSPS) is 17.8. The fourth-order valence-electron chi connectivity index (χ4n) is 4.30. The average molecular weight is 457 g/mol. The molecule has 176 valence electrons. The molecule has 0 spiro atoms. The number of tetrazole rings is 1. The van der Waals surface area contributed by atoms with Crippen LogP contribution in [0.15, 0.2) is 23.0 Å². The Kier molecular flexibility index (Phi) is 6.51. The number of nitrogens with one attached hydrogen (secondary N) is 1. The van der Waals surface area contributed by atoms with E-state index in [2.05, 4.69) is 25.4 Å². The lowest BCUT2D eigenvalue weighted by Gasteiger charge is -2.24. The Labute approximate surface area is 190 Å². The molecule has 1 N–H and O–H groups in total. The lowest BCUT2D eigenvalue weighted by atomic mass is 10.1. The zero-order valence-corrected chi connectivity index (χ0v) is 18.7. The first-order valence-electron chi connectivity index (χ1n) is 11.2. The highest BCUT2D eigenvalue weighted by molar-refractivity contribution is 5.83. The molecule has 2 aliphatic rings. The molecule has 0 bridgehead atoms. The number of aromatic nitrogens is 5. The molecule has 11 heteroatoms. The van der Waals surface area contributed by atoms with E-state index in [4.69, 9.17) is 18.9 Å². The van der Waals surface area contributed by atoms with Crippen LogP contribution in [0, 0.1) is 0 Å². The minimum atomic E-state index is -0.129. The van der Waals surface area contributed by atoms with E-state index in [1.807, 2.05) is 18.2 Å². The van der Waals surface area contributed by atoms with Gasteiger partial charge in [-0.3, -0.25) is 9.69 Å². The third-order valence-electron chi connectivity index (χ3n) is 5.94. The van der Waals surface area contributed by atoms with E-state index in [0.717, 1.165) is 36.2 Å². The number of ether oxygens (including phenoxy) is 4. The molecule has 5 rings (SSSR count). The summed E-state index contributed by atoms with van der Waals surface area (Å²) in [7, 11) is 1.65. The van der Waals surface area contributed by atoms with E-state index in [1.54, 1.807) is 11.8 Å². The zero-order chi connectivity index (χ0) is 22.6. The van der Waals surface area contributed by atoms with Gasteiger partial charge < -0.3 is 23.9 Å². The molecule has 1 atom stereocenters. The van der Waals surface area contributed by atoms with E-state index >= 15 is 0 Å². The molecule has 2 aliphatic heterocycles. The molecule has 1 saturated heterocycles. The van der Waals surface area contributed by atoms with Gasteiger partial charge in [-0.2, -0.15) is 0 Å². The van der Waals surface area contributed by atoms with Crippen LogP contribution >= 0.6 is 0 Å². The van der Waals surface area contributed by atoms with E-state index in [0.29, 0.717) is 63.1 Å². The van der Waals surface area contributed by atoms with Crippen LogP contribution in [0.3, 0.4) is 0 Å². The minimum Gasteiger partial charge on any atom is -0.486 e. The average Bonchev–Trinajstić information content (AvgIpc) is 3.49. The van der Waals surface area contributed by atoms with Gasteiger partial charge in [0.15, 0.2) is 17.3 Å². The number of pyridine rings is 1. The third kappa shape index (κ3) is 5.00. The van der Waals surface area contributed by atoms with Crippen molar-refractivity contribution in [2.75, 3.05) is 40.1 Å². The van der Waals surface area contributed by atoms with Crippen molar-refractivity contribution in [1.82, 2.24) is 30.1 Å². The van der Waals surface area contributed by atoms with E-state index in [1.165, 1.54) is 0 Å². The molecular weight excluding hydrogens is 428 g/mol. The van der Waals surface area contributed by atoms with Crippen LogP contribution in [-0.2, 0) is 29.1 Å². The Morgan fingerprint density at radius 2 is 2.03 bits per heavy atom. The number of hydrogen-bond acceptors (Lipinski definition) is 9. The van der Waals surface area contributed by atoms with Crippen LogP contribution in [0.5, 0.6) is 11.5 Å². The molecule has 1 aromatic carbocycles. The maximum absolute atomic E-state index is 12.9. The van der Waals surface area contributed by atoms with Gasteiger partial charge in [0, 0.05) is 43.8 Å². The van der Waals surface area contributed by atoms with Crippen molar-refractivity contribution in [2.45, 2.75) is 38.6 Å². The van der Waals surface area contributed by atoms with Gasteiger partial charge in [0.25, 0.3) is 5.56 Å². The molecule has 0 amide bonds. The van der Waals surface area contributed by atoms with Crippen molar-refractivity contribution < 1.29 is 18.9 Å². The largest absolute Gasteiger partial charge is 0.486 e. The van der Waals surface area contributed by atoms with Gasteiger partial charge in [0.2, 0.25) is 0 Å². The number of benzene rings is 1. The number of aromatic amines is 1. The molecule has 0 radical (unpaired) electrons. The summed E-state index contributed by atoms with van der Waals surface area (Å²) in [5.41, 5.74) is 1.26. The van der Waals surface area contributed by atoms with Crippen molar-refractivity contribution in [3.05, 3.63) is 39.9 Å². The summed E-state index contributed by atoms with van der Waals surface area (Å²) in [6.07, 6.45) is 2.18. The monoisotopic (exact) mass is 456 g/mol. The third-order valence-corrected chi connectivity index (χ3v) is 5.94. The van der Waals surface area contributed by atoms with Crippen LogP contribution in [-0.4, -0.2) is 76.3 Å². The fraction of sp³-hybridized carbons (Fsp3) is 0.545. The van der Waals surface area contributed by atoms with Crippen molar-refractivity contribution in [2.24, 2.45) is 0 Å². The van der Waals surface area contributed by atoms with Crippen LogP contribution < -0.4 is 15.0 Å². The fourth-order valence-corrected chi connectivity index (χ4v) is 4.30. The molecule has 4 heterocycles. The maximum Gasteiger partial charge on any atom is 0.252 e. The Morgan fingerprint density at radius 1 is 1.18 bits per heavy atom. The molecular formula is C22H28N6O5. The Morgan fingerprint density at radius 3 is 2.82 bits per heavy atom. The molecule has 11 nitrogen and oxygen atoms in total. The molecule has 0 saturated carbocycles. The predicted molar refractivity (Wildman–Crippen MR) is 118 cm³/mol. The first-order valence-corrected chi connectivity index (χ1v) is 11.2. The first-order chi connectivity index (χ1) is 16.2. The highest BCUT2D eigenvalue weighted by Crippen LogP contribution is 2.33. The van der Waals surface area contributed by atoms with Gasteiger partial charge >= 0.3 is 0 Å². The number of nitrogens with zero attached hydrogens (tertiary/aromatic N) is 5. The summed E-state index contributed by atoms with van der Waals surface area (Å²) in [5.74, 6) is 2.07.